The van der Waals surface area contributed by atoms with E-state index in [-0.39, 0.29) is 17.0 Å². The molecule has 1 saturated heterocycles. The molecule has 3 rings (SSSR count). The number of ether oxygens (including phenoxy) is 1. The van der Waals surface area contributed by atoms with E-state index in [2.05, 4.69) is 20.2 Å². The fourth-order valence-corrected chi connectivity index (χ4v) is 3.46. The van der Waals surface area contributed by atoms with Gasteiger partial charge in [0.25, 0.3) is 5.91 Å². The first-order valence-corrected chi connectivity index (χ1v) is 9.64. The number of amides is 1. The summed E-state index contributed by atoms with van der Waals surface area (Å²) in [6.07, 6.45) is 4.58. The first-order chi connectivity index (χ1) is 13.1. The second-order valence-electron chi connectivity index (χ2n) is 6.39. The van der Waals surface area contributed by atoms with Crippen molar-refractivity contribution in [2.75, 3.05) is 32.8 Å². The molecule has 2 heterocycles. The minimum atomic E-state index is -0.258. The van der Waals surface area contributed by atoms with Gasteiger partial charge in [-0.05, 0) is 25.5 Å². The number of carbonyl (C=O) groups excluding carboxylic acids is 1. The van der Waals surface area contributed by atoms with Crippen LogP contribution in [0.5, 0.6) is 0 Å². The van der Waals surface area contributed by atoms with Crippen LogP contribution >= 0.6 is 23.2 Å². The van der Waals surface area contributed by atoms with Gasteiger partial charge in [-0.3, -0.25) is 9.69 Å². The second-order valence-corrected chi connectivity index (χ2v) is 7.18. The van der Waals surface area contributed by atoms with Crippen molar-refractivity contribution < 1.29 is 9.53 Å². The van der Waals surface area contributed by atoms with Gasteiger partial charge in [-0.15, -0.1) is 0 Å². The van der Waals surface area contributed by atoms with E-state index >= 15 is 0 Å². The van der Waals surface area contributed by atoms with Gasteiger partial charge in [0.2, 0.25) is 0 Å². The first kappa shape index (κ1) is 20.0. The van der Waals surface area contributed by atoms with Crippen molar-refractivity contribution in [3.05, 3.63) is 57.6 Å². The van der Waals surface area contributed by atoms with E-state index < -0.39 is 0 Å². The number of rotatable bonds is 5. The summed E-state index contributed by atoms with van der Waals surface area (Å²) < 4.78 is 5.56. The zero-order valence-corrected chi connectivity index (χ0v) is 16.6. The van der Waals surface area contributed by atoms with Gasteiger partial charge in [-0.1, -0.05) is 29.3 Å². The van der Waals surface area contributed by atoms with Gasteiger partial charge in [-0.2, -0.15) is 0 Å². The van der Waals surface area contributed by atoms with Gasteiger partial charge in [0.1, 0.15) is 5.82 Å². The highest BCUT2D eigenvalue weighted by atomic mass is 35.5. The SMILES string of the molecule is Cc1ncc(C(CNC(=O)c2cccc(Cl)c2Cl)N2CCCOCC2)cn1. The molecule has 6 nitrogen and oxygen atoms in total. The Kier molecular flexibility index (Phi) is 7.01. The molecule has 0 spiro atoms. The molecule has 8 heteroatoms. The standard InChI is InChI=1S/C19H22Cl2N4O2/c1-13-22-10-14(11-23-13)17(25-6-3-8-27-9-7-25)12-24-19(26)15-4-2-5-16(20)18(15)21/h2,4-5,10-11,17H,3,6-9,12H2,1H3,(H,24,26). The Bertz CT molecular complexity index is 778. The second kappa shape index (κ2) is 9.46. The Morgan fingerprint density at radius 3 is 2.81 bits per heavy atom. The number of nitrogens with one attached hydrogen (secondary N) is 1. The average Bonchev–Trinajstić information content (AvgIpc) is 2.95. The van der Waals surface area contributed by atoms with E-state index in [1.54, 1.807) is 18.2 Å². The lowest BCUT2D eigenvalue weighted by Gasteiger charge is -2.30. The van der Waals surface area contributed by atoms with Crippen LogP contribution in [0.4, 0.5) is 0 Å². The van der Waals surface area contributed by atoms with Crippen molar-refractivity contribution in [3.63, 3.8) is 0 Å². The molecule has 0 saturated carbocycles. The fraction of sp³-hybridized carbons (Fsp3) is 0.421. The van der Waals surface area contributed by atoms with Crippen LogP contribution in [-0.2, 0) is 4.74 Å². The molecule has 1 aliphatic rings. The molecular formula is C19H22Cl2N4O2. The molecule has 0 aliphatic carbocycles. The highest BCUT2D eigenvalue weighted by Gasteiger charge is 2.24. The predicted octanol–water partition coefficient (Wildman–Crippen LogP) is 3.29. The number of hydrogen-bond acceptors (Lipinski definition) is 5. The summed E-state index contributed by atoms with van der Waals surface area (Å²) in [5.41, 5.74) is 1.32. The lowest BCUT2D eigenvalue weighted by molar-refractivity contribution is 0.0928. The van der Waals surface area contributed by atoms with Gasteiger partial charge in [0.05, 0.1) is 28.3 Å². The Morgan fingerprint density at radius 1 is 1.26 bits per heavy atom. The Morgan fingerprint density at radius 2 is 2.04 bits per heavy atom. The molecule has 1 aliphatic heterocycles. The molecular weight excluding hydrogens is 387 g/mol. The molecule has 1 unspecified atom stereocenters. The number of carbonyl (C=O) groups is 1. The number of nitrogens with zero attached hydrogens (tertiary/aromatic N) is 3. The largest absolute Gasteiger partial charge is 0.380 e. The van der Waals surface area contributed by atoms with Crippen LogP contribution in [0.2, 0.25) is 10.0 Å². The molecule has 1 atom stereocenters. The summed E-state index contributed by atoms with van der Waals surface area (Å²) in [6, 6.07) is 4.98. The Labute approximate surface area is 168 Å². The number of hydrogen-bond donors (Lipinski definition) is 1. The maximum atomic E-state index is 12.6. The summed E-state index contributed by atoms with van der Waals surface area (Å²) in [4.78, 5) is 23.5. The van der Waals surface area contributed by atoms with Gasteiger partial charge in [0, 0.05) is 44.2 Å². The maximum absolute atomic E-state index is 12.6. The van der Waals surface area contributed by atoms with Crippen molar-refractivity contribution in [2.45, 2.75) is 19.4 Å². The third-order valence-electron chi connectivity index (χ3n) is 4.54. The molecule has 1 fully saturated rings. The summed E-state index contributed by atoms with van der Waals surface area (Å²) in [7, 11) is 0. The van der Waals surface area contributed by atoms with E-state index in [9.17, 15) is 4.79 Å². The van der Waals surface area contributed by atoms with E-state index in [4.69, 9.17) is 27.9 Å². The third kappa shape index (κ3) is 5.17. The molecule has 1 aromatic carbocycles. The Hall–Kier alpha value is -1.73. The van der Waals surface area contributed by atoms with Crippen molar-refractivity contribution >= 4 is 29.1 Å². The monoisotopic (exact) mass is 408 g/mol. The quantitative estimate of drug-likeness (QED) is 0.821. The predicted molar refractivity (Wildman–Crippen MR) is 105 cm³/mol. The maximum Gasteiger partial charge on any atom is 0.252 e. The fourth-order valence-electron chi connectivity index (χ4n) is 3.07. The first-order valence-electron chi connectivity index (χ1n) is 8.89. The molecule has 144 valence electrons. The smallest absolute Gasteiger partial charge is 0.252 e. The van der Waals surface area contributed by atoms with E-state index in [1.165, 1.54) is 0 Å². The van der Waals surface area contributed by atoms with Crippen molar-refractivity contribution in [1.29, 1.82) is 0 Å². The van der Waals surface area contributed by atoms with Gasteiger partial charge < -0.3 is 10.1 Å². The highest BCUT2D eigenvalue weighted by Crippen LogP contribution is 2.26. The zero-order valence-electron chi connectivity index (χ0n) is 15.1. The minimum absolute atomic E-state index is 0.0470. The van der Waals surface area contributed by atoms with Crippen molar-refractivity contribution in [2.24, 2.45) is 0 Å². The number of aromatic nitrogens is 2. The Balaban J connectivity index is 1.77. The molecule has 27 heavy (non-hydrogen) atoms. The minimum Gasteiger partial charge on any atom is -0.380 e. The third-order valence-corrected chi connectivity index (χ3v) is 5.35. The number of benzene rings is 1. The van der Waals surface area contributed by atoms with Crippen molar-refractivity contribution in [3.8, 4) is 0 Å². The molecule has 1 N–H and O–H groups in total. The lowest BCUT2D eigenvalue weighted by atomic mass is 10.1. The van der Waals surface area contributed by atoms with Crippen LogP contribution < -0.4 is 5.32 Å². The van der Waals surface area contributed by atoms with Crippen LogP contribution in [0, 0.1) is 6.92 Å². The summed E-state index contributed by atoms with van der Waals surface area (Å²) in [5.74, 6) is 0.457. The zero-order chi connectivity index (χ0) is 19.2. The molecule has 1 aromatic heterocycles. The normalized spacial score (nSPS) is 16.6. The van der Waals surface area contributed by atoms with Crippen LogP contribution in [0.15, 0.2) is 30.6 Å². The summed E-state index contributed by atoms with van der Waals surface area (Å²) in [5, 5.41) is 3.60. The summed E-state index contributed by atoms with van der Waals surface area (Å²) >= 11 is 12.2. The molecule has 1 amide bonds. The van der Waals surface area contributed by atoms with Crippen LogP contribution in [0.25, 0.3) is 0 Å². The number of halogens is 2. The summed E-state index contributed by atoms with van der Waals surface area (Å²) in [6.45, 7) is 5.34. The molecule has 2 aromatic rings. The van der Waals surface area contributed by atoms with Crippen molar-refractivity contribution in [1.82, 2.24) is 20.2 Å². The van der Waals surface area contributed by atoms with Gasteiger partial charge in [0.15, 0.2) is 0 Å². The number of aryl methyl sites for hydroxylation is 1. The van der Waals surface area contributed by atoms with Gasteiger partial charge >= 0.3 is 0 Å². The molecule has 0 bridgehead atoms. The van der Waals surface area contributed by atoms with Crippen LogP contribution in [0.1, 0.15) is 34.2 Å². The van der Waals surface area contributed by atoms with Crippen LogP contribution in [-0.4, -0.2) is 53.6 Å². The molecule has 0 radical (unpaired) electrons. The van der Waals surface area contributed by atoms with E-state index in [1.807, 2.05) is 19.3 Å². The van der Waals surface area contributed by atoms with E-state index in [0.29, 0.717) is 29.6 Å². The van der Waals surface area contributed by atoms with E-state index in [0.717, 1.165) is 31.7 Å². The van der Waals surface area contributed by atoms with Gasteiger partial charge in [-0.25, -0.2) is 9.97 Å². The average molecular weight is 409 g/mol. The highest BCUT2D eigenvalue weighted by molar-refractivity contribution is 6.43. The lowest BCUT2D eigenvalue weighted by Crippen LogP contribution is -2.39. The van der Waals surface area contributed by atoms with Crippen LogP contribution in [0.3, 0.4) is 0 Å². The topological polar surface area (TPSA) is 67.4 Å².